The maximum absolute atomic E-state index is 12.7. The second kappa shape index (κ2) is 7.75. The van der Waals surface area contributed by atoms with E-state index in [0.29, 0.717) is 38.3 Å². The molecule has 0 spiro atoms. The van der Waals surface area contributed by atoms with Crippen LogP contribution in [0.5, 0.6) is 5.75 Å². The topological polar surface area (TPSA) is 101 Å². The van der Waals surface area contributed by atoms with Crippen molar-refractivity contribution in [2.75, 3.05) is 24.6 Å². The zero-order valence-electron chi connectivity index (χ0n) is 15.4. The third kappa shape index (κ3) is 3.94. The molecule has 9 heteroatoms. The predicted molar refractivity (Wildman–Crippen MR) is 103 cm³/mol. The van der Waals surface area contributed by atoms with Gasteiger partial charge >= 0.3 is 0 Å². The quantitative estimate of drug-likeness (QED) is 0.827. The van der Waals surface area contributed by atoms with E-state index in [1.165, 1.54) is 6.07 Å². The number of amides is 1. The molecule has 0 atom stereocenters. The van der Waals surface area contributed by atoms with Gasteiger partial charge in [0.2, 0.25) is 5.91 Å². The van der Waals surface area contributed by atoms with E-state index in [1.807, 2.05) is 0 Å². The van der Waals surface area contributed by atoms with E-state index in [2.05, 4.69) is 19.6 Å². The smallest absolute Gasteiger partial charge is 0.264 e. The summed E-state index contributed by atoms with van der Waals surface area (Å²) >= 11 is 0. The molecule has 2 aromatic rings. The lowest BCUT2D eigenvalue weighted by molar-refractivity contribution is -0.123. The molecule has 4 rings (SSSR count). The Morgan fingerprint density at radius 3 is 2.79 bits per heavy atom. The molecule has 1 fully saturated rings. The van der Waals surface area contributed by atoms with Crippen LogP contribution in [0.1, 0.15) is 24.8 Å². The molecular formula is C19H22N4O4S. The summed E-state index contributed by atoms with van der Waals surface area (Å²) in [5, 5.41) is 0. The first kappa shape index (κ1) is 18.7. The Labute approximate surface area is 164 Å². The summed E-state index contributed by atoms with van der Waals surface area (Å²) in [6.07, 6.45) is 7.68. The summed E-state index contributed by atoms with van der Waals surface area (Å²) in [6.45, 7) is 1.91. The number of carbonyl (C=O) groups is 1. The van der Waals surface area contributed by atoms with Crippen molar-refractivity contribution in [1.29, 1.82) is 0 Å². The van der Waals surface area contributed by atoms with Crippen molar-refractivity contribution in [3.8, 4) is 5.75 Å². The van der Waals surface area contributed by atoms with Gasteiger partial charge in [-0.2, -0.15) is 0 Å². The highest BCUT2D eigenvalue weighted by molar-refractivity contribution is 7.90. The molecule has 2 aliphatic rings. The van der Waals surface area contributed by atoms with Crippen LogP contribution in [0, 0.1) is 5.92 Å². The second-order valence-corrected chi connectivity index (χ2v) is 8.70. The normalized spacial score (nSPS) is 17.5. The zero-order valence-corrected chi connectivity index (χ0v) is 16.2. The molecule has 0 bridgehead atoms. The van der Waals surface area contributed by atoms with Crippen LogP contribution in [0.15, 0.2) is 41.7 Å². The van der Waals surface area contributed by atoms with Crippen LogP contribution in [0.25, 0.3) is 0 Å². The number of anilines is 1. The molecule has 148 valence electrons. The zero-order chi connectivity index (χ0) is 19.6. The minimum Gasteiger partial charge on any atom is -0.493 e. The van der Waals surface area contributed by atoms with Gasteiger partial charge in [-0.25, -0.2) is 18.1 Å². The first-order valence-corrected chi connectivity index (χ1v) is 10.8. The van der Waals surface area contributed by atoms with Crippen molar-refractivity contribution in [2.24, 2.45) is 5.92 Å². The van der Waals surface area contributed by atoms with Crippen molar-refractivity contribution in [3.05, 3.63) is 42.4 Å². The summed E-state index contributed by atoms with van der Waals surface area (Å²) in [7, 11) is -3.90. The highest BCUT2D eigenvalue weighted by Crippen LogP contribution is 2.27. The fraction of sp³-hybridized carbons (Fsp3) is 0.421. The Morgan fingerprint density at radius 2 is 2.04 bits per heavy atom. The number of benzene rings is 1. The van der Waals surface area contributed by atoms with Crippen LogP contribution in [0.3, 0.4) is 0 Å². The number of piperidine rings is 1. The van der Waals surface area contributed by atoms with E-state index < -0.39 is 15.9 Å². The van der Waals surface area contributed by atoms with Crippen LogP contribution in [0.4, 0.5) is 5.82 Å². The summed E-state index contributed by atoms with van der Waals surface area (Å²) in [4.78, 5) is 23.0. The number of fused-ring (bicyclic) bond motifs is 1. The summed E-state index contributed by atoms with van der Waals surface area (Å²) < 4.78 is 33.1. The monoisotopic (exact) mass is 402 g/mol. The number of nitrogens with zero attached hydrogens (tertiary/aromatic N) is 3. The van der Waals surface area contributed by atoms with Gasteiger partial charge in [0.1, 0.15) is 11.6 Å². The first-order valence-electron chi connectivity index (χ1n) is 9.36. The van der Waals surface area contributed by atoms with Gasteiger partial charge in [-0.05, 0) is 49.4 Å². The SMILES string of the molecule is O=C(NS(=O)(=O)c1ccc2c(c1)CCCO2)C1CCN(c2cnccn2)CC1. The summed E-state index contributed by atoms with van der Waals surface area (Å²) in [5.41, 5.74) is 0.860. The molecule has 1 N–H and O–H groups in total. The molecule has 0 radical (unpaired) electrons. The van der Waals surface area contributed by atoms with Crippen LogP contribution < -0.4 is 14.4 Å². The van der Waals surface area contributed by atoms with E-state index >= 15 is 0 Å². The lowest BCUT2D eigenvalue weighted by Crippen LogP contribution is -2.42. The van der Waals surface area contributed by atoms with Crippen molar-refractivity contribution in [3.63, 3.8) is 0 Å². The summed E-state index contributed by atoms with van der Waals surface area (Å²) in [5.74, 6) is 0.689. The maximum atomic E-state index is 12.7. The molecule has 1 aromatic heterocycles. The average molecular weight is 402 g/mol. The van der Waals surface area contributed by atoms with Crippen molar-refractivity contribution in [1.82, 2.24) is 14.7 Å². The van der Waals surface area contributed by atoms with Gasteiger partial charge in [0, 0.05) is 31.4 Å². The van der Waals surface area contributed by atoms with Gasteiger partial charge in [-0.15, -0.1) is 0 Å². The van der Waals surface area contributed by atoms with Crippen LogP contribution in [-0.4, -0.2) is 44.0 Å². The van der Waals surface area contributed by atoms with Gasteiger partial charge < -0.3 is 9.64 Å². The van der Waals surface area contributed by atoms with E-state index in [1.54, 1.807) is 30.7 Å². The van der Waals surface area contributed by atoms with E-state index in [0.717, 1.165) is 24.2 Å². The minimum absolute atomic E-state index is 0.0992. The number of aryl methyl sites for hydroxylation is 1. The molecule has 2 aliphatic heterocycles. The number of nitrogens with one attached hydrogen (secondary N) is 1. The Balaban J connectivity index is 1.39. The predicted octanol–water partition coefficient (Wildman–Crippen LogP) is 1.52. The number of aromatic nitrogens is 2. The summed E-state index contributed by atoms with van der Waals surface area (Å²) in [6, 6.07) is 4.74. The van der Waals surface area contributed by atoms with Gasteiger partial charge in [0.15, 0.2) is 0 Å². The molecular weight excluding hydrogens is 380 g/mol. The molecule has 3 heterocycles. The molecule has 28 heavy (non-hydrogen) atoms. The van der Waals surface area contributed by atoms with Gasteiger partial charge in [0.25, 0.3) is 10.0 Å². The molecule has 1 saturated heterocycles. The molecule has 1 amide bonds. The third-order valence-corrected chi connectivity index (χ3v) is 6.51. The molecule has 0 aliphatic carbocycles. The fourth-order valence-electron chi connectivity index (χ4n) is 3.60. The van der Waals surface area contributed by atoms with Crippen LogP contribution in [-0.2, 0) is 21.2 Å². The van der Waals surface area contributed by atoms with Crippen molar-refractivity contribution >= 4 is 21.7 Å². The van der Waals surface area contributed by atoms with Crippen LogP contribution in [0.2, 0.25) is 0 Å². The Morgan fingerprint density at radius 1 is 1.21 bits per heavy atom. The number of hydrogen-bond acceptors (Lipinski definition) is 7. The molecule has 0 saturated carbocycles. The third-order valence-electron chi connectivity index (χ3n) is 5.16. The Bertz CT molecular complexity index is 957. The number of carbonyl (C=O) groups excluding carboxylic acids is 1. The Hall–Kier alpha value is -2.68. The lowest BCUT2D eigenvalue weighted by Gasteiger charge is -2.31. The number of rotatable bonds is 4. The maximum Gasteiger partial charge on any atom is 0.264 e. The minimum atomic E-state index is -3.90. The molecule has 0 unspecified atom stereocenters. The number of hydrogen-bond donors (Lipinski definition) is 1. The van der Waals surface area contributed by atoms with E-state index in [4.69, 9.17) is 4.74 Å². The van der Waals surface area contributed by atoms with E-state index in [9.17, 15) is 13.2 Å². The first-order chi connectivity index (χ1) is 13.5. The van der Waals surface area contributed by atoms with Crippen molar-refractivity contribution < 1.29 is 17.9 Å². The standard InChI is InChI=1S/C19H22N4O4S/c24-19(14-5-9-23(10-6-14)18-13-20-7-8-21-18)22-28(25,26)16-3-4-17-15(12-16)2-1-11-27-17/h3-4,7-8,12-14H,1-2,5-6,9-11H2,(H,22,24). The van der Waals surface area contributed by atoms with Crippen molar-refractivity contribution in [2.45, 2.75) is 30.6 Å². The number of sulfonamides is 1. The lowest BCUT2D eigenvalue weighted by atomic mass is 9.96. The van der Waals surface area contributed by atoms with Gasteiger partial charge in [-0.1, -0.05) is 0 Å². The Kier molecular flexibility index (Phi) is 5.17. The highest BCUT2D eigenvalue weighted by atomic mass is 32.2. The van der Waals surface area contributed by atoms with Gasteiger partial charge in [-0.3, -0.25) is 9.78 Å². The fourth-order valence-corrected chi connectivity index (χ4v) is 4.70. The number of ether oxygens (including phenoxy) is 1. The average Bonchev–Trinajstić information content (AvgIpc) is 2.74. The second-order valence-electron chi connectivity index (χ2n) is 7.02. The molecule has 1 aromatic carbocycles. The molecule has 8 nitrogen and oxygen atoms in total. The van der Waals surface area contributed by atoms with Gasteiger partial charge in [0.05, 0.1) is 17.7 Å². The van der Waals surface area contributed by atoms with E-state index in [-0.39, 0.29) is 10.8 Å². The van der Waals surface area contributed by atoms with Crippen LogP contribution >= 0.6 is 0 Å². The highest BCUT2D eigenvalue weighted by Gasteiger charge is 2.29. The largest absolute Gasteiger partial charge is 0.493 e.